The lowest BCUT2D eigenvalue weighted by atomic mass is 10.1. The molecule has 1 N–H and O–H groups in total. The summed E-state index contributed by atoms with van der Waals surface area (Å²) in [5, 5.41) is 4.68. The van der Waals surface area contributed by atoms with Gasteiger partial charge in [-0.2, -0.15) is 0 Å². The van der Waals surface area contributed by atoms with Gasteiger partial charge in [0, 0.05) is 17.5 Å². The first kappa shape index (κ1) is 16.1. The van der Waals surface area contributed by atoms with Gasteiger partial charge in [-0.3, -0.25) is 4.90 Å². The number of nitrogens with zero attached hydrogens (tertiary/aromatic N) is 1. The Bertz CT molecular complexity index is 547. The van der Waals surface area contributed by atoms with E-state index < -0.39 is 0 Å². The number of fused-ring (bicyclic) bond motifs is 1. The van der Waals surface area contributed by atoms with Gasteiger partial charge >= 0.3 is 0 Å². The Morgan fingerprint density at radius 2 is 1.95 bits per heavy atom. The molecule has 0 amide bonds. The van der Waals surface area contributed by atoms with Crippen molar-refractivity contribution in [1.82, 2.24) is 10.2 Å². The molecule has 2 aromatic rings. The average molecular weight is 288 g/mol. The SMILES string of the molecule is CCCCCN(C)Cc1oc2ccccc2c1CNCC. The summed E-state index contributed by atoms with van der Waals surface area (Å²) in [5.41, 5.74) is 2.32. The number of benzene rings is 1. The molecule has 0 aliphatic rings. The Balaban J connectivity index is 2.13. The third kappa shape index (κ3) is 4.32. The van der Waals surface area contributed by atoms with E-state index in [1.165, 1.54) is 30.2 Å². The summed E-state index contributed by atoms with van der Waals surface area (Å²) in [6.07, 6.45) is 3.83. The lowest BCUT2D eigenvalue weighted by molar-refractivity contribution is 0.290. The fraction of sp³-hybridized carbons (Fsp3) is 0.556. The highest BCUT2D eigenvalue weighted by atomic mass is 16.3. The number of furan rings is 1. The lowest BCUT2D eigenvalue weighted by Gasteiger charge is -2.15. The molecule has 3 nitrogen and oxygen atoms in total. The largest absolute Gasteiger partial charge is 0.459 e. The summed E-state index contributed by atoms with van der Waals surface area (Å²) in [7, 11) is 2.18. The summed E-state index contributed by atoms with van der Waals surface area (Å²) in [6.45, 7) is 8.26. The quantitative estimate of drug-likeness (QED) is 0.702. The zero-order chi connectivity index (χ0) is 15.1. The van der Waals surface area contributed by atoms with Crippen molar-refractivity contribution < 1.29 is 4.42 Å². The van der Waals surface area contributed by atoms with Crippen LogP contribution in [0.15, 0.2) is 28.7 Å². The summed E-state index contributed by atoms with van der Waals surface area (Å²) in [4.78, 5) is 2.36. The van der Waals surface area contributed by atoms with E-state index >= 15 is 0 Å². The molecular weight excluding hydrogens is 260 g/mol. The molecule has 0 unspecified atom stereocenters. The standard InChI is InChI=1S/C18H28N2O/c1-4-6-9-12-20(3)14-18-16(13-19-5-2)15-10-7-8-11-17(15)21-18/h7-8,10-11,19H,4-6,9,12-14H2,1-3H3. The van der Waals surface area contributed by atoms with Gasteiger partial charge in [-0.05, 0) is 32.6 Å². The molecule has 21 heavy (non-hydrogen) atoms. The first-order valence-electron chi connectivity index (χ1n) is 8.14. The second kappa shape index (κ2) is 8.20. The maximum Gasteiger partial charge on any atom is 0.134 e. The van der Waals surface area contributed by atoms with Gasteiger partial charge in [0.1, 0.15) is 11.3 Å². The van der Waals surface area contributed by atoms with Crippen LogP contribution in [0.1, 0.15) is 44.4 Å². The highest BCUT2D eigenvalue weighted by Gasteiger charge is 2.14. The molecule has 1 aromatic carbocycles. The molecule has 0 radical (unpaired) electrons. The molecule has 3 heteroatoms. The molecule has 116 valence electrons. The second-order valence-corrected chi connectivity index (χ2v) is 5.73. The van der Waals surface area contributed by atoms with Gasteiger partial charge in [0.05, 0.1) is 6.54 Å². The van der Waals surface area contributed by atoms with Gasteiger partial charge in [0.15, 0.2) is 0 Å². The fourth-order valence-corrected chi connectivity index (χ4v) is 2.68. The molecule has 1 aromatic heterocycles. The molecule has 2 rings (SSSR count). The Labute approximate surface area is 128 Å². The Hall–Kier alpha value is -1.32. The van der Waals surface area contributed by atoms with Gasteiger partial charge in [-0.15, -0.1) is 0 Å². The Kier molecular flexibility index (Phi) is 6.27. The zero-order valence-electron chi connectivity index (χ0n) is 13.6. The van der Waals surface area contributed by atoms with Gasteiger partial charge in [0.2, 0.25) is 0 Å². The smallest absolute Gasteiger partial charge is 0.134 e. The highest BCUT2D eigenvalue weighted by molar-refractivity contribution is 5.82. The second-order valence-electron chi connectivity index (χ2n) is 5.73. The minimum atomic E-state index is 0.881. The van der Waals surface area contributed by atoms with Crippen LogP contribution in [-0.2, 0) is 13.1 Å². The summed E-state index contributed by atoms with van der Waals surface area (Å²) < 4.78 is 6.09. The maximum absolute atomic E-state index is 6.09. The van der Waals surface area contributed by atoms with Crippen molar-refractivity contribution in [3.05, 3.63) is 35.6 Å². The molecule has 0 saturated carbocycles. The molecule has 0 aliphatic carbocycles. The summed E-state index contributed by atoms with van der Waals surface area (Å²) in [6, 6.07) is 8.34. The minimum Gasteiger partial charge on any atom is -0.459 e. The van der Waals surface area contributed by atoms with E-state index in [9.17, 15) is 0 Å². The number of hydrogen-bond acceptors (Lipinski definition) is 3. The predicted molar refractivity (Wildman–Crippen MR) is 89.5 cm³/mol. The van der Waals surface area contributed by atoms with Crippen molar-refractivity contribution in [3.8, 4) is 0 Å². The molecule has 0 aliphatic heterocycles. The van der Waals surface area contributed by atoms with Crippen LogP contribution < -0.4 is 5.32 Å². The average Bonchev–Trinajstić information content (AvgIpc) is 2.82. The van der Waals surface area contributed by atoms with E-state index in [-0.39, 0.29) is 0 Å². The van der Waals surface area contributed by atoms with E-state index in [4.69, 9.17) is 4.42 Å². The maximum atomic E-state index is 6.09. The van der Waals surface area contributed by atoms with Gasteiger partial charge in [-0.1, -0.05) is 44.9 Å². The third-order valence-corrected chi connectivity index (χ3v) is 3.89. The highest BCUT2D eigenvalue weighted by Crippen LogP contribution is 2.26. The summed E-state index contributed by atoms with van der Waals surface area (Å²) in [5.74, 6) is 1.11. The van der Waals surface area contributed by atoms with Crippen LogP contribution in [0.2, 0.25) is 0 Å². The van der Waals surface area contributed by atoms with Crippen molar-refractivity contribution in [2.24, 2.45) is 0 Å². The van der Waals surface area contributed by atoms with Crippen molar-refractivity contribution >= 4 is 11.0 Å². The Morgan fingerprint density at radius 1 is 1.14 bits per heavy atom. The first-order chi connectivity index (χ1) is 10.3. The van der Waals surface area contributed by atoms with Crippen LogP contribution in [0.4, 0.5) is 0 Å². The van der Waals surface area contributed by atoms with E-state index in [2.05, 4.69) is 49.3 Å². The number of rotatable bonds is 9. The van der Waals surface area contributed by atoms with Gasteiger partial charge < -0.3 is 9.73 Å². The van der Waals surface area contributed by atoms with Gasteiger partial charge in [-0.25, -0.2) is 0 Å². The van der Waals surface area contributed by atoms with Crippen LogP contribution >= 0.6 is 0 Å². The molecule has 1 heterocycles. The minimum absolute atomic E-state index is 0.881. The topological polar surface area (TPSA) is 28.4 Å². The zero-order valence-corrected chi connectivity index (χ0v) is 13.6. The van der Waals surface area contributed by atoms with E-state index in [0.29, 0.717) is 0 Å². The summed E-state index contributed by atoms with van der Waals surface area (Å²) >= 11 is 0. The van der Waals surface area contributed by atoms with Crippen LogP contribution in [0.25, 0.3) is 11.0 Å². The third-order valence-electron chi connectivity index (χ3n) is 3.89. The number of hydrogen-bond donors (Lipinski definition) is 1. The van der Waals surface area contributed by atoms with Crippen molar-refractivity contribution in [1.29, 1.82) is 0 Å². The monoisotopic (exact) mass is 288 g/mol. The number of para-hydroxylation sites is 1. The fourth-order valence-electron chi connectivity index (χ4n) is 2.68. The van der Waals surface area contributed by atoms with Crippen LogP contribution in [0.3, 0.4) is 0 Å². The van der Waals surface area contributed by atoms with E-state index in [1.54, 1.807) is 0 Å². The Morgan fingerprint density at radius 3 is 2.71 bits per heavy atom. The van der Waals surface area contributed by atoms with Gasteiger partial charge in [0.25, 0.3) is 0 Å². The van der Waals surface area contributed by atoms with Crippen molar-refractivity contribution in [2.75, 3.05) is 20.1 Å². The first-order valence-corrected chi connectivity index (χ1v) is 8.14. The van der Waals surface area contributed by atoms with E-state index in [0.717, 1.165) is 37.5 Å². The van der Waals surface area contributed by atoms with Crippen LogP contribution in [-0.4, -0.2) is 25.0 Å². The normalized spacial score (nSPS) is 11.6. The molecule has 0 saturated heterocycles. The van der Waals surface area contributed by atoms with Crippen molar-refractivity contribution in [3.63, 3.8) is 0 Å². The molecular formula is C18H28N2O. The van der Waals surface area contributed by atoms with Crippen molar-refractivity contribution in [2.45, 2.75) is 46.2 Å². The van der Waals surface area contributed by atoms with Crippen LogP contribution in [0.5, 0.6) is 0 Å². The molecule has 0 fully saturated rings. The van der Waals surface area contributed by atoms with Crippen LogP contribution in [0, 0.1) is 0 Å². The molecule has 0 atom stereocenters. The predicted octanol–water partition coefficient (Wildman–Crippen LogP) is 4.16. The number of nitrogens with one attached hydrogen (secondary N) is 1. The molecule has 0 bridgehead atoms. The van der Waals surface area contributed by atoms with E-state index in [1.807, 2.05) is 6.07 Å². The lowest BCUT2D eigenvalue weighted by Crippen LogP contribution is -2.20. The number of unbranched alkanes of at least 4 members (excludes halogenated alkanes) is 2. The molecule has 0 spiro atoms.